The number of halogens is 3. The minimum absolute atomic E-state index is 0.124. The number of hydrogen-bond donors (Lipinski definition) is 2. The summed E-state index contributed by atoms with van der Waals surface area (Å²) in [6.07, 6.45) is 1.03. The molecule has 1 fully saturated rings. The molecule has 7 heteroatoms. The topological polar surface area (TPSA) is 58.4 Å². The van der Waals surface area contributed by atoms with Gasteiger partial charge in [0.05, 0.1) is 27.3 Å². The van der Waals surface area contributed by atoms with Crippen molar-refractivity contribution in [1.82, 2.24) is 4.90 Å². The van der Waals surface area contributed by atoms with Crippen molar-refractivity contribution in [3.63, 3.8) is 0 Å². The lowest BCUT2D eigenvalue weighted by Crippen LogP contribution is -2.34. The van der Waals surface area contributed by atoms with Crippen LogP contribution in [0, 0.1) is 5.92 Å². The molecule has 1 saturated heterocycles. The van der Waals surface area contributed by atoms with Crippen LogP contribution < -0.4 is 11.1 Å². The zero-order valence-corrected chi connectivity index (χ0v) is 14.0. The molecule has 0 aromatic heterocycles. The molecule has 3 N–H and O–H groups in total. The number of amides is 1. The number of hydrogen-bond acceptors (Lipinski definition) is 3. The Kier molecular flexibility index (Phi) is 5.74. The highest BCUT2D eigenvalue weighted by molar-refractivity contribution is 6.44. The van der Waals surface area contributed by atoms with E-state index in [0.29, 0.717) is 33.2 Å². The van der Waals surface area contributed by atoms with E-state index in [2.05, 4.69) is 10.2 Å². The Hall–Kier alpha value is -0.520. The second-order valence-corrected chi connectivity index (χ2v) is 6.66. The van der Waals surface area contributed by atoms with Crippen LogP contribution in [0.3, 0.4) is 0 Å². The Morgan fingerprint density at radius 3 is 2.67 bits per heavy atom. The summed E-state index contributed by atoms with van der Waals surface area (Å²) in [5.41, 5.74) is 6.36. The van der Waals surface area contributed by atoms with Crippen molar-refractivity contribution in [2.45, 2.75) is 19.4 Å². The SMILES string of the molecule is CC(N)C1CCN(CC(=O)Nc2cc(Cl)c(Cl)cc2Cl)C1. The fourth-order valence-corrected chi connectivity index (χ4v) is 3.04. The van der Waals surface area contributed by atoms with Crippen LogP contribution in [0.4, 0.5) is 5.69 Å². The number of rotatable bonds is 4. The average molecular weight is 351 g/mol. The maximum absolute atomic E-state index is 12.1. The lowest BCUT2D eigenvalue weighted by molar-refractivity contribution is -0.117. The Labute approximate surface area is 139 Å². The van der Waals surface area contributed by atoms with Crippen LogP contribution in [0.1, 0.15) is 13.3 Å². The molecule has 0 spiro atoms. The fourth-order valence-electron chi connectivity index (χ4n) is 2.45. The number of carbonyl (C=O) groups excluding carboxylic acids is 1. The molecule has 4 nitrogen and oxygen atoms in total. The number of nitrogens with two attached hydrogens (primary N) is 1. The van der Waals surface area contributed by atoms with Crippen LogP contribution in [0.2, 0.25) is 15.1 Å². The lowest BCUT2D eigenvalue weighted by atomic mass is 10.0. The predicted octanol–water partition coefficient (Wildman–Crippen LogP) is 3.25. The number of carbonyl (C=O) groups is 1. The molecule has 0 bridgehead atoms. The van der Waals surface area contributed by atoms with E-state index in [0.717, 1.165) is 19.5 Å². The number of anilines is 1. The standard InChI is InChI=1S/C14H18Cl3N3O/c1-8(18)9-2-3-20(6-9)7-14(21)19-13-5-11(16)10(15)4-12(13)17/h4-5,8-9H,2-3,6-7,18H2,1H3,(H,19,21). The minimum atomic E-state index is -0.124. The zero-order valence-electron chi connectivity index (χ0n) is 11.7. The van der Waals surface area contributed by atoms with Crippen molar-refractivity contribution < 1.29 is 4.79 Å². The first kappa shape index (κ1) is 16.8. The molecule has 2 unspecified atom stereocenters. The first-order valence-electron chi connectivity index (χ1n) is 6.79. The molecule has 1 aliphatic heterocycles. The van der Waals surface area contributed by atoms with Gasteiger partial charge in [0.1, 0.15) is 0 Å². The van der Waals surface area contributed by atoms with Gasteiger partial charge in [-0.1, -0.05) is 34.8 Å². The van der Waals surface area contributed by atoms with E-state index in [1.54, 1.807) is 6.07 Å². The van der Waals surface area contributed by atoms with E-state index in [9.17, 15) is 4.79 Å². The number of benzene rings is 1. The number of nitrogens with zero attached hydrogens (tertiary/aromatic N) is 1. The summed E-state index contributed by atoms with van der Waals surface area (Å²) in [6.45, 7) is 4.05. The van der Waals surface area contributed by atoms with Crippen LogP contribution in [0.25, 0.3) is 0 Å². The maximum Gasteiger partial charge on any atom is 0.238 e. The molecule has 2 rings (SSSR count). The summed E-state index contributed by atoms with van der Waals surface area (Å²) in [5, 5.41) is 3.85. The third-order valence-corrected chi connectivity index (χ3v) is 4.74. The summed E-state index contributed by atoms with van der Waals surface area (Å²) in [5.74, 6) is 0.326. The molecule has 116 valence electrons. The number of nitrogens with one attached hydrogen (secondary N) is 1. The molecular weight excluding hydrogens is 333 g/mol. The molecule has 0 radical (unpaired) electrons. The largest absolute Gasteiger partial charge is 0.328 e. The second kappa shape index (κ2) is 7.16. The zero-order chi connectivity index (χ0) is 15.6. The van der Waals surface area contributed by atoms with Crippen molar-refractivity contribution in [1.29, 1.82) is 0 Å². The summed E-state index contributed by atoms with van der Waals surface area (Å²) in [4.78, 5) is 14.2. The minimum Gasteiger partial charge on any atom is -0.328 e. The van der Waals surface area contributed by atoms with E-state index in [1.807, 2.05) is 6.92 Å². The van der Waals surface area contributed by atoms with Gasteiger partial charge < -0.3 is 11.1 Å². The van der Waals surface area contributed by atoms with Crippen LogP contribution in [-0.4, -0.2) is 36.5 Å². The summed E-state index contributed by atoms with van der Waals surface area (Å²) in [7, 11) is 0. The molecule has 1 aromatic rings. The average Bonchev–Trinajstić information content (AvgIpc) is 2.84. The molecule has 1 heterocycles. The Morgan fingerprint density at radius 1 is 1.38 bits per heavy atom. The quantitative estimate of drug-likeness (QED) is 0.820. The molecule has 1 aromatic carbocycles. The van der Waals surface area contributed by atoms with Gasteiger partial charge >= 0.3 is 0 Å². The van der Waals surface area contributed by atoms with E-state index >= 15 is 0 Å². The fraction of sp³-hybridized carbons (Fsp3) is 0.500. The maximum atomic E-state index is 12.1. The van der Waals surface area contributed by atoms with Crippen LogP contribution in [0.15, 0.2) is 12.1 Å². The van der Waals surface area contributed by atoms with Crippen LogP contribution >= 0.6 is 34.8 Å². The first-order chi connectivity index (χ1) is 9.86. The summed E-state index contributed by atoms with van der Waals surface area (Å²) >= 11 is 17.8. The van der Waals surface area contributed by atoms with Crippen molar-refractivity contribution >= 4 is 46.4 Å². The molecule has 1 aliphatic rings. The molecule has 0 aliphatic carbocycles. The van der Waals surface area contributed by atoms with Gasteiger partial charge in [-0.25, -0.2) is 0 Å². The van der Waals surface area contributed by atoms with E-state index in [1.165, 1.54) is 6.07 Å². The van der Waals surface area contributed by atoms with Gasteiger partial charge in [0.2, 0.25) is 5.91 Å². The van der Waals surface area contributed by atoms with E-state index < -0.39 is 0 Å². The van der Waals surface area contributed by atoms with Gasteiger partial charge in [-0.05, 0) is 37.9 Å². The highest BCUT2D eigenvalue weighted by atomic mass is 35.5. The second-order valence-electron chi connectivity index (χ2n) is 5.44. The van der Waals surface area contributed by atoms with Gasteiger partial charge in [0.25, 0.3) is 0 Å². The Morgan fingerprint density at radius 2 is 2.05 bits per heavy atom. The molecular formula is C14H18Cl3N3O. The molecule has 0 saturated carbocycles. The summed E-state index contributed by atoms with van der Waals surface area (Å²) in [6, 6.07) is 3.23. The van der Waals surface area contributed by atoms with Crippen LogP contribution in [-0.2, 0) is 4.79 Å². The molecule has 1 amide bonds. The van der Waals surface area contributed by atoms with E-state index in [4.69, 9.17) is 40.5 Å². The highest BCUT2D eigenvalue weighted by Gasteiger charge is 2.26. The third-order valence-electron chi connectivity index (χ3n) is 3.70. The highest BCUT2D eigenvalue weighted by Crippen LogP contribution is 2.32. The van der Waals surface area contributed by atoms with Crippen molar-refractivity contribution in [2.75, 3.05) is 25.0 Å². The van der Waals surface area contributed by atoms with Gasteiger partial charge in [-0.2, -0.15) is 0 Å². The van der Waals surface area contributed by atoms with Crippen LogP contribution in [0.5, 0.6) is 0 Å². The van der Waals surface area contributed by atoms with Crippen molar-refractivity contribution in [3.05, 3.63) is 27.2 Å². The monoisotopic (exact) mass is 349 g/mol. The third kappa shape index (κ3) is 4.47. The van der Waals surface area contributed by atoms with Gasteiger partial charge in [0, 0.05) is 12.6 Å². The molecule has 21 heavy (non-hydrogen) atoms. The van der Waals surface area contributed by atoms with Crippen molar-refractivity contribution in [2.24, 2.45) is 11.7 Å². The van der Waals surface area contributed by atoms with E-state index in [-0.39, 0.29) is 11.9 Å². The summed E-state index contributed by atoms with van der Waals surface area (Å²) < 4.78 is 0. The predicted molar refractivity (Wildman–Crippen MR) is 88.3 cm³/mol. The Balaban J connectivity index is 1.92. The molecule has 2 atom stereocenters. The smallest absolute Gasteiger partial charge is 0.238 e. The lowest BCUT2D eigenvalue weighted by Gasteiger charge is -2.17. The van der Waals surface area contributed by atoms with Gasteiger partial charge in [0.15, 0.2) is 0 Å². The number of likely N-dealkylation sites (tertiary alicyclic amines) is 1. The first-order valence-corrected chi connectivity index (χ1v) is 7.92. The van der Waals surface area contributed by atoms with Gasteiger partial charge in [-0.3, -0.25) is 9.69 Å². The van der Waals surface area contributed by atoms with Gasteiger partial charge in [-0.15, -0.1) is 0 Å². The normalized spacial score (nSPS) is 20.5. The Bertz CT molecular complexity index is 536. The van der Waals surface area contributed by atoms with Crippen molar-refractivity contribution in [3.8, 4) is 0 Å².